The number of alkyl halides is 3. The van der Waals surface area contributed by atoms with Gasteiger partial charge >= 0.3 is 6.18 Å². The third-order valence-corrected chi connectivity index (χ3v) is 7.37. The molecule has 8 nitrogen and oxygen atoms in total. The summed E-state index contributed by atoms with van der Waals surface area (Å²) in [5.41, 5.74) is -5.02. The molecule has 0 spiro atoms. The molecule has 2 aromatic carbocycles. The van der Waals surface area contributed by atoms with E-state index >= 15 is 0 Å². The van der Waals surface area contributed by atoms with Crippen molar-refractivity contribution in [3.05, 3.63) is 76.2 Å². The number of amides is 1. The van der Waals surface area contributed by atoms with Crippen LogP contribution in [0.15, 0.2) is 48.5 Å². The third-order valence-electron chi connectivity index (χ3n) is 7.08. The smallest absolute Gasteiger partial charge is 0.424 e. The molecule has 0 aliphatic heterocycles. The lowest BCUT2D eigenvalue weighted by molar-refractivity contribution is -0.265. The number of carbonyl (C=O) groups is 1. The Morgan fingerprint density at radius 3 is 2.42 bits per heavy atom. The molecule has 1 fully saturated rings. The van der Waals surface area contributed by atoms with Gasteiger partial charge in [-0.2, -0.15) is 13.2 Å². The molecule has 1 amide bonds. The van der Waals surface area contributed by atoms with Crippen molar-refractivity contribution in [3.8, 4) is 22.8 Å². The van der Waals surface area contributed by atoms with E-state index in [9.17, 15) is 32.6 Å². The standard InChI is InChI=1S/C30H32ClF4N3O5/c1-28(2,37-10-11-39)19-14-23(17-4-8-22(32)21(31)12-17)38-26(15-19)29(41,30(33,34)35)16-36-27(40)18-5-9-24(25(13-18)42-3)43-20-6-7-20/h4-5,8-9,12-15,20,37,39,41H,6-7,10-11,16H2,1-3H3,(H,36,40). The van der Waals surface area contributed by atoms with E-state index in [1.165, 1.54) is 43.5 Å². The summed E-state index contributed by atoms with van der Waals surface area (Å²) in [6.45, 7) is 1.94. The Balaban J connectivity index is 1.72. The van der Waals surface area contributed by atoms with Crippen LogP contribution in [0, 0.1) is 5.82 Å². The number of rotatable bonds is 12. The minimum atomic E-state index is -5.29. The molecule has 1 aliphatic rings. The van der Waals surface area contributed by atoms with Crippen molar-refractivity contribution in [3.63, 3.8) is 0 Å². The molecule has 4 N–H and O–H groups in total. The summed E-state index contributed by atoms with van der Waals surface area (Å²) < 4.78 is 68.7. The van der Waals surface area contributed by atoms with Gasteiger partial charge in [-0.1, -0.05) is 11.6 Å². The second kappa shape index (κ2) is 12.7. The second-order valence-electron chi connectivity index (χ2n) is 10.8. The molecule has 4 rings (SSSR count). The van der Waals surface area contributed by atoms with E-state index in [4.69, 9.17) is 21.1 Å². The minimum absolute atomic E-state index is 0.0118. The number of methoxy groups -OCH3 is 1. The van der Waals surface area contributed by atoms with Crippen LogP contribution in [0.3, 0.4) is 0 Å². The predicted molar refractivity (Wildman–Crippen MR) is 152 cm³/mol. The first-order valence-electron chi connectivity index (χ1n) is 13.4. The Hall–Kier alpha value is -3.45. The summed E-state index contributed by atoms with van der Waals surface area (Å²) in [5.74, 6) is -0.990. The van der Waals surface area contributed by atoms with Gasteiger partial charge < -0.3 is 30.3 Å². The Bertz CT molecular complexity index is 1480. The van der Waals surface area contributed by atoms with Gasteiger partial charge in [0.1, 0.15) is 5.82 Å². The van der Waals surface area contributed by atoms with Crippen LogP contribution in [-0.4, -0.2) is 60.2 Å². The van der Waals surface area contributed by atoms with Crippen molar-refractivity contribution < 1.29 is 42.0 Å². The first-order valence-corrected chi connectivity index (χ1v) is 13.8. The lowest BCUT2D eigenvalue weighted by Crippen LogP contribution is -2.52. The van der Waals surface area contributed by atoms with Crippen molar-refractivity contribution in [1.29, 1.82) is 0 Å². The van der Waals surface area contributed by atoms with Gasteiger partial charge in [0.15, 0.2) is 11.5 Å². The molecule has 232 valence electrons. The van der Waals surface area contributed by atoms with Crippen molar-refractivity contribution >= 4 is 17.5 Å². The monoisotopic (exact) mass is 625 g/mol. The van der Waals surface area contributed by atoms with Crippen LogP contribution in [0.2, 0.25) is 5.02 Å². The Kier molecular flexibility index (Phi) is 9.55. The van der Waals surface area contributed by atoms with E-state index < -0.39 is 41.3 Å². The number of aromatic nitrogens is 1. The molecule has 43 heavy (non-hydrogen) atoms. The zero-order valence-corrected chi connectivity index (χ0v) is 24.4. The fourth-order valence-electron chi connectivity index (χ4n) is 4.29. The van der Waals surface area contributed by atoms with E-state index in [1.54, 1.807) is 13.8 Å². The molecule has 1 unspecified atom stereocenters. The molecule has 0 saturated heterocycles. The summed E-state index contributed by atoms with van der Waals surface area (Å²) >= 11 is 5.93. The zero-order valence-electron chi connectivity index (χ0n) is 23.7. The summed E-state index contributed by atoms with van der Waals surface area (Å²) in [6.07, 6.45) is -3.45. The van der Waals surface area contributed by atoms with Crippen LogP contribution < -0.4 is 20.1 Å². The molecule has 0 radical (unpaired) electrons. The van der Waals surface area contributed by atoms with Crippen molar-refractivity contribution in [2.24, 2.45) is 0 Å². The third kappa shape index (κ3) is 7.38. The number of benzene rings is 2. The van der Waals surface area contributed by atoms with Gasteiger partial charge in [0.05, 0.1) is 42.8 Å². The van der Waals surface area contributed by atoms with Gasteiger partial charge in [0.25, 0.3) is 5.91 Å². The Labute approximate surface area is 251 Å². The maximum Gasteiger partial charge on any atom is 0.424 e. The maximum atomic E-state index is 14.6. The zero-order chi connectivity index (χ0) is 31.6. The lowest BCUT2D eigenvalue weighted by atomic mass is 9.88. The van der Waals surface area contributed by atoms with Crippen LogP contribution in [0.25, 0.3) is 11.3 Å². The lowest BCUT2D eigenvalue weighted by Gasteiger charge is -2.33. The van der Waals surface area contributed by atoms with E-state index in [1.807, 2.05) is 0 Å². The first-order chi connectivity index (χ1) is 20.2. The average Bonchev–Trinajstić information content (AvgIpc) is 3.79. The van der Waals surface area contributed by atoms with Crippen LogP contribution >= 0.6 is 11.6 Å². The molecule has 1 atom stereocenters. The number of nitrogens with zero attached hydrogens (tertiary/aromatic N) is 1. The Morgan fingerprint density at radius 1 is 1.09 bits per heavy atom. The number of pyridine rings is 1. The molecule has 13 heteroatoms. The minimum Gasteiger partial charge on any atom is -0.493 e. The van der Waals surface area contributed by atoms with Gasteiger partial charge in [-0.25, -0.2) is 9.37 Å². The highest BCUT2D eigenvalue weighted by atomic mass is 35.5. The summed E-state index contributed by atoms with van der Waals surface area (Å²) in [5, 5.41) is 25.4. The molecule has 1 aliphatic carbocycles. The quantitative estimate of drug-likeness (QED) is 0.208. The highest BCUT2D eigenvalue weighted by Crippen LogP contribution is 2.41. The molecule has 1 heterocycles. The van der Waals surface area contributed by atoms with Gasteiger partial charge in [0.2, 0.25) is 5.60 Å². The highest BCUT2D eigenvalue weighted by Gasteiger charge is 2.56. The SMILES string of the molecule is COc1cc(C(=O)NCC(O)(c2cc(C(C)(C)NCCO)cc(-c3ccc(F)c(Cl)c3)n2)C(F)(F)F)ccc1OC1CC1. The Morgan fingerprint density at radius 2 is 1.81 bits per heavy atom. The van der Waals surface area contributed by atoms with Crippen LogP contribution in [0.5, 0.6) is 11.5 Å². The normalized spacial score (nSPS) is 15.1. The summed E-state index contributed by atoms with van der Waals surface area (Å²) in [7, 11) is 1.38. The van der Waals surface area contributed by atoms with Crippen LogP contribution in [0.4, 0.5) is 17.6 Å². The fourth-order valence-corrected chi connectivity index (χ4v) is 4.48. The van der Waals surface area contributed by atoms with E-state index in [-0.39, 0.29) is 52.4 Å². The molecular formula is C30H32ClF4N3O5. The number of nitrogens with one attached hydrogen (secondary N) is 2. The molecule has 1 saturated carbocycles. The average molecular weight is 626 g/mol. The van der Waals surface area contributed by atoms with Crippen LogP contribution in [0.1, 0.15) is 48.3 Å². The van der Waals surface area contributed by atoms with Gasteiger partial charge in [0, 0.05) is 23.2 Å². The van der Waals surface area contributed by atoms with E-state index in [0.717, 1.165) is 25.0 Å². The summed E-state index contributed by atoms with van der Waals surface area (Å²) in [4.78, 5) is 17.1. The molecule has 0 bridgehead atoms. The van der Waals surface area contributed by atoms with Gasteiger partial charge in [-0.15, -0.1) is 0 Å². The molecule has 3 aromatic rings. The number of hydrogen-bond acceptors (Lipinski definition) is 7. The number of ether oxygens (including phenoxy) is 2. The second-order valence-corrected chi connectivity index (χ2v) is 11.2. The maximum absolute atomic E-state index is 14.6. The summed E-state index contributed by atoms with van der Waals surface area (Å²) in [6, 6.07) is 10.3. The number of halogens is 5. The topological polar surface area (TPSA) is 113 Å². The highest BCUT2D eigenvalue weighted by molar-refractivity contribution is 6.31. The predicted octanol–water partition coefficient (Wildman–Crippen LogP) is 5.09. The van der Waals surface area contributed by atoms with Gasteiger partial charge in [-0.05, 0) is 80.8 Å². The number of aliphatic hydroxyl groups is 2. The van der Waals surface area contributed by atoms with Crippen molar-refractivity contribution in [2.45, 2.75) is 50.1 Å². The first kappa shape index (κ1) is 32.5. The number of hydrogen-bond donors (Lipinski definition) is 4. The van der Waals surface area contributed by atoms with Gasteiger partial charge in [-0.3, -0.25) is 4.79 Å². The fraction of sp³-hybridized carbons (Fsp3) is 0.400. The molecular weight excluding hydrogens is 594 g/mol. The number of carbonyl (C=O) groups excluding carboxylic acids is 1. The number of aliphatic hydroxyl groups excluding tert-OH is 1. The molecule has 1 aromatic heterocycles. The van der Waals surface area contributed by atoms with Crippen molar-refractivity contribution in [1.82, 2.24) is 15.6 Å². The van der Waals surface area contributed by atoms with Crippen molar-refractivity contribution in [2.75, 3.05) is 26.8 Å². The van der Waals surface area contributed by atoms with E-state index in [2.05, 4.69) is 15.6 Å². The van der Waals surface area contributed by atoms with Crippen LogP contribution in [-0.2, 0) is 11.1 Å². The largest absolute Gasteiger partial charge is 0.493 e. The van der Waals surface area contributed by atoms with E-state index in [0.29, 0.717) is 5.75 Å².